The van der Waals surface area contributed by atoms with E-state index in [2.05, 4.69) is 19.2 Å². The number of hydrogen-bond donors (Lipinski definition) is 1. The summed E-state index contributed by atoms with van der Waals surface area (Å²) in [6.07, 6.45) is 2.70. The molecule has 3 nitrogen and oxygen atoms in total. The number of nitrogens with one attached hydrogen (secondary N) is 1. The van der Waals surface area contributed by atoms with Gasteiger partial charge in [-0.3, -0.25) is 0 Å². The Bertz CT molecular complexity index is 450. The molecule has 1 heterocycles. The second-order valence-electron chi connectivity index (χ2n) is 6.23. The Kier molecular flexibility index (Phi) is 6.34. The molecule has 2 unspecified atom stereocenters. The third kappa shape index (κ3) is 5.50. The van der Waals surface area contributed by atoms with Gasteiger partial charge in [-0.2, -0.15) is 0 Å². The van der Waals surface area contributed by atoms with Crippen LogP contribution in [0.5, 0.6) is 5.75 Å². The van der Waals surface area contributed by atoms with Crippen molar-refractivity contribution in [2.45, 2.75) is 45.8 Å². The molecule has 1 N–H and O–H groups in total. The first-order chi connectivity index (χ1) is 10.0. The van der Waals surface area contributed by atoms with Crippen molar-refractivity contribution in [2.75, 3.05) is 19.7 Å². The van der Waals surface area contributed by atoms with Gasteiger partial charge in [0.15, 0.2) is 0 Å². The van der Waals surface area contributed by atoms with Gasteiger partial charge in [-0.25, -0.2) is 0 Å². The fourth-order valence-electron chi connectivity index (χ4n) is 2.54. The molecule has 21 heavy (non-hydrogen) atoms. The summed E-state index contributed by atoms with van der Waals surface area (Å²) in [6.45, 7) is 9.04. The quantitative estimate of drug-likeness (QED) is 0.830. The molecule has 4 heteroatoms. The summed E-state index contributed by atoms with van der Waals surface area (Å²) in [5.74, 6) is 1.57. The van der Waals surface area contributed by atoms with Crippen molar-refractivity contribution < 1.29 is 9.47 Å². The third-order valence-corrected chi connectivity index (χ3v) is 3.92. The molecular formula is C17H26ClNO2. The Morgan fingerprint density at radius 2 is 2.10 bits per heavy atom. The van der Waals surface area contributed by atoms with Crippen LogP contribution in [-0.2, 0) is 4.74 Å². The van der Waals surface area contributed by atoms with Gasteiger partial charge in [-0.15, -0.1) is 0 Å². The molecule has 1 fully saturated rings. The summed E-state index contributed by atoms with van der Waals surface area (Å²) in [5, 5.41) is 4.20. The van der Waals surface area contributed by atoms with Gasteiger partial charge >= 0.3 is 0 Å². The van der Waals surface area contributed by atoms with Gasteiger partial charge in [0.2, 0.25) is 0 Å². The van der Waals surface area contributed by atoms with E-state index in [1.807, 2.05) is 25.1 Å². The average Bonchev–Trinajstić information content (AvgIpc) is 2.85. The van der Waals surface area contributed by atoms with Crippen LogP contribution in [0.2, 0.25) is 5.02 Å². The predicted molar refractivity (Wildman–Crippen MR) is 87.3 cm³/mol. The van der Waals surface area contributed by atoms with Gasteiger partial charge in [-0.1, -0.05) is 25.4 Å². The summed E-state index contributed by atoms with van der Waals surface area (Å²) >= 11 is 5.95. The minimum Gasteiger partial charge on any atom is -0.491 e. The Labute approximate surface area is 133 Å². The summed E-state index contributed by atoms with van der Waals surface area (Å²) in [5.41, 5.74) is 1.07. The van der Waals surface area contributed by atoms with Crippen molar-refractivity contribution in [1.29, 1.82) is 0 Å². The van der Waals surface area contributed by atoms with E-state index in [0.29, 0.717) is 18.6 Å². The maximum absolute atomic E-state index is 6.01. The predicted octanol–water partition coefficient (Wildman–Crippen LogP) is 3.82. The fraction of sp³-hybridized carbons (Fsp3) is 0.647. The Hall–Kier alpha value is -0.770. The fourth-order valence-corrected chi connectivity index (χ4v) is 2.77. The molecule has 1 aliphatic heterocycles. The Balaban J connectivity index is 1.70. The van der Waals surface area contributed by atoms with E-state index in [-0.39, 0.29) is 6.10 Å². The highest BCUT2D eigenvalue weighted by Gasteiger charge is 2.25. The topological polar surface area (TPSA) is 30.5 Å². The monoisotopic (exact) mass is 311 g/mol. The van der Waals surface area contributed by atoms with Gasteiger partial charge < -0.3 is 14.8 Å². The van der Waals surface area contributed by atoms with Gasteiger partial charge in [0, 0.05) is 11.6 Å². The van der Waals surface area contributed by atoms with Crippen molar-refractivity contribution in [3.05, 3.63) is 28.8 Å². The van der Waals surface area contributed by atoms with Crippen molar-refractivity contribution in [3.8, 4) is 5.75 Å². The summed E-state index contributed by atoms with van der Waals surface area (Å²) in [7, 11) is 0. The molecule has 118 valence electrons. The van der Waals surface area contributed by atoms with Gasteiger partial charge in [0.1, 0.15) is 12.4 Å². The highest BCUT2D eigenvalue weighted by molar-refractivity contribution is 6.30. The lowest BCUT2D eigenvalue weighted by atomic mass is 10.2. The van der Waals surface area contributed by atoms with Crippen LogP contribution in [0.4, 0.5) is 0 Å². The molecular weight excluding hydrogens is 286 g/mol. The van der Waals surface area contributed by atoms with Crippen molar-refractivity contribution >= 4 is 11.6 Å². The maximum atomic E-state index is 6.01. The standard InChI is InChI=1S/C17H26ClNO2/c1-12(2)9-19-10-15-5-6-16(21-15)11-20-17-7-4-14(18)8-13(17)3/h4,7-8,12,15-16,19H,5-6,9-11H2,1-3H3. The summed E-state index contributed by atoms with van der Waals surface area (Å²) in [6, 6.07) is 5.71. The minimum atomic E-state index is 0.200. The van der Waals surface area contributed by atoms with Crippen LogP contribution in [0.15, 0.2) is 18.2 Å². The molecule has 0 aromatic heterocycles. The molecule has 0 spiro atoms. The van der Waals surface area contributed by atoms with E-state index in [1.165, 1.54) is 0 Å². The Morgan fingerprint density at radius 3 is 2.81 bits per heavy atom. The molecule has 0 amide bonds. The zero-order chi connectivity index (χ0) is 15.2. The molecule has 0 saturated carbocycles. The molecule has 0 bridgehead atoms. The number of ether oxygens (including phenoxy) is 2. The van der Waals surface area contributed by atoms with Crippen LogP contribution >= 0.6 is 11.6 Å². The maximum Gasteiger partial charge on any atom is 0.122 e. The van der Waals surface area contributed by atoms with Crippen LogP contribution in [0.3, 0.4) is 0 Å². The second-order valence-corrected chi connectivity index (χ2v) is 6.67. The van der Waals surface area contributed by atoms with E-state index in [9.17, 15) is 0 Å². The summed E-state index contributed by atoms with van der Waals surface area (Å²) < 4.78 is 11.9. The number of halogens is 1. The first kappa shape index (κ1) is 16.6. The van der Waals surface area contributed by atoms with Crippen LogP contribution in [0.25, 0.3) is 0 Å². The molecule has 2 rings (SSSR count). The molecule has 2 atom stereocenters. The number of aryl methyl sites for hydroxylation is 1. The second kappa shape index (κ2) is 8.02. The van der Waals surface area contributed by atoms with Crippen molar-refractivity contribution in [1.82, 2.24) is 5.32 Å². The van der Waals surface area contributed by atoms with E-state index in [4.69, 9.17) is 21.1 Å². The largest absolute Gasteiger partial charge is 0.491 e. The number of hydrogen-bond acceptors (Lipinski definition) is 3. The normalized spacial score (nSPS) is 22.0. The first-order valence-corrected chi connectivity index (χ1v) is 8.17. The SMILES string of the molecule is Cc1cc(Cl)ccc1OCC1CCC(CNCC(C)C)O1. The average molecular weight is 312 g/mol. The smallest absolute Gasteiger partial charge is 0.122 e. The highest BCUT2D eigenvalue weighted by atomic mass is 35.5. The van der Waals surface area contributed by atoms with E-state index >= 15 is 0 Å². The molecule has 0 radical (unpaired) electrons. The zero-order valence-electron chi connectivity index (χ0n) is 13.2. The third-order valence-electron chi connectivity index (χ3n) is 3.68. The van der Waals surface area contributed by atoms with Crippen molar-refractivity contribution in [3.63, 3.8) is 0 Å². The van der Waals surface area contributed by atoms with Crippen LogP contribution in [0.1, 0.15) is 32.3 Å². The molecule has 1 aliphatic rings. The molecule has 1 aromatic carbocycles. The number of benzene rings is 1. The van der Waals surface area contributed by atoms with Crippen LogP contribution in [0, 0.1) is 12.8 Å². The lowest BCUT2D eigenvalue weighted by Crippen LogP contribution is -2.30. The molecule has 1 saturated heterocycles. The summed E-state index contributed by atoms with van der Waals surface area (Å²) in [4.78, 5) is 0. The van der Waals surface area contributed by atoms with E-state index in [1.54, 1.807) is 0 Å². The van der Waals surface area contributed by atoms with Gasteiger partial charge in [0.25, 0.3) is 0 Å². The van der Waals surface area contributed by atoms with Gasteiger partial charge in [0.05, 0.1) is 12.2 Å². The minimum absolute atomic E-state index is 0.200. The van der Waals surface area contributed by atoms with E-state index < -0.39 is 0 Å². The van der Waals surface area contributed by atoms with Crippen LogP contribution in [-0.4, -0.2) is 31.9 Å². The number of rotatable bonds is 7. The lowest BCUT2D eigenvalue weighted by molar-refractivity contribution is 0.0182. The first-order valence-electron chi connectivity index (χ1n) is 7.79. The molecule has 1 aromatic rings. The molecule has 0 aliphatic carbocycles. The zero-order valence-corrected chi connectivity index (χ0v) is 14.0. The van der Waals surface area contributed by atoms with Gasteiger partial charge in [-0.05, 0) is 56.0 Å². The highest BCUT2D eigenvalue weighted by Crippen LogP contribution is 2.24. The van der Waals surface area contributed by atoms with Crippen molar-refractivity contribution in [2.24, 2.45) is 5.92 Å². The van der Waals surface area contributed by atoms with E-state index in [0.717, 1.165) is 42.3 Å². The van der Waals surface area contributed by atoms with Crippen LogP contribution < -0.4 is 10.1 Å². The Morgan fingerprint density at radius 1 is 1.33 bits per heavy atom. The lowest BCUT2D eigenvalue weighted by Gasteiger charge is -2.16.